The van der Waals surface area contributed by atoms with E-state index in [4.69, 9.17) is 11.6 Å². The van der Waals surface area contributed by atoms with E-state index in [1.54, 1.807) is 12.1 Å². The zero-order chi connectivity index (χ0) is 18.8. The largest absolute Gasteiger partial charge is 0.352 e. The predicted molar refractivity (Wildman–Crippen MR) is 105 cm³/mol. The van der Waals surface area contributed by atoms with E-state index in [2.05, 4.69) is 10.3 Å². The van der Waals surface area contributed by atoms with E-state index in [1.165, 1.54) is 23.5 Å². The third-order valence-electron chi connectivity index (χ3n) is 4.17. The summed E-state index contributed by atoms with van der Waals surface area (Å²) >= 11 is 7.43. The highest BCUT2D eigenvalue weighted by Gasteiger charge is 2.12. The van der Waals surface area contributed by atoms with Gasteiger partial charge in [-0.05, 0) is 29.8 Å². The Morgan fingerprint density at radius 3 is 2.63 bits per heavy atom. The van der Waals surface area contributed by atoms with E-state index < -0.39 is 0 Å². The van der Waals surface area contributed by atoms with Gasteiger partial charge >= 0.3 is 0 Å². The van der Waals surface area contributed by atoms with Gasteiger partial charge in [-0.15, -0.1) is 11.3 Å². The fourth-order valence-electron chi connectivity index (χ4n) is 2.75. The Balaban J connectivity index is 1.46. The molecular formula is C20H15ClFN3OS. The number of carbonyl (C=O) groups is 1. The molecule has 136 valence electrons. The Bertz CT molecular complexity index is 1090. The van der Waals surface area contributed by atoms with Gasteiger partial charge in [0.25, 0.3) is 0 Å². The lowest BCUT2D eigenvalue weighted by Gasteiger charge is -2.05. The lowest BCUT2D eigenvalue weighted by Crippen LogP contribution is -2.24. The number of nitrogens with zero attached hydrogens (tertiary/aromatic N) is 2. The maximum Gasteiger partial charge on any atom is 0.226 e. The summed E-state index contributed by atoms with van der Waals surface area (Å²) in [4.78, 5) is 17.7. The van der Waals surface area contributed by atoms with Gasteiger partial charge in [0.15, 0.2) is 4.96 Å². The van der Waals surface area contributed by atoms with Crippen LogP contribution in [0.2, 0.25) is 5.02 Å². The second kappa shape index (κ2) is 7.50. The monoisotopic (exact) mass is 399 g/mol. The highest BCUT2D eigenvalue weighted by atomic mass is 35.5. The van der Waals surface area contributed by atoms with Crippen LogP contribution < -0.4 is 5.32 Å². The summed E-state index contributed by atoms with van der Waals surface area (Å²) in [5.74, 6) is -0.386. The van der Waals surface area contributed by atoms with Crippen molar-refractivity contribution in [1.82, 2.24) is 14.7 Å². The fourth-order valence-corrected chi connectivity index (χ4v) is 3.75. The number of rotatable bonds is 5. The summed E-state index contributed by atoms with van der Waals surface area (Å²) in [5.41, 5.74) is 3.54. The van der Waals surface area contributed by atoms with E-state index in [-0.39, 0.29) is 18.1 Å². The molecule has 0 unspecified atom stereocenters. The van der Waals surface area contributed by atoms with Crippen LogP contribution in [0.5, 0.6) is 0 Å². The summed E-state index contributed by atoms with van der Waals surface area (Å²) in [6.07, 6.45) is 2.18. The van der Waals surface area contributed by atoms with Crippen LogP contribution >= 0.6 is 22.9 Å². The summed E-state index contributed by atoms with van der Waals surface area (Å²) < 4.78 is 14.9. The predicted octanol–water partition coefficient (Wildman–Crippen LogP) is 4.71. The smallest absolute Gasteiger partial charge is 0.226 e. The number of benzene rings is 2. The van der Waals surface area contributed by atoms with Crippen molar-refractivity contribution in [3.05, 3.63) is 82.2 Å². The van der Waals surface area contributed by atoms with Gasteiger partial charge in [-0.2, -0.15) is 0 Å². The number of amides is 1. The molecule has 0 saturated heterocycles. The van der Waals surface area contributed by atoms with Crippen molar-refractivity contribution in [2.75, 3.05) is 0 Å². The standard InChI is InChI=1S/C20H15ClFN3OS/c21-15-5-3-14(4-6-15)18-11-25-17(12-27-20(25)24-18)9-19(26)23-10-13-1-7-16(22)8-2-13/h1-8,11-12H,9-10H2,(H,23,26). The van der Waals surface area contributed by atoms with E-state index >= 15 is 0 Å². The molecule has 0 saturated carbocycles. The number of halogens is 2. The quantitative estimate of drug-likeness (QED) is 0.528. The number of hydrogen-bond donors (Lipinski definition) is 1. The Morgan fingerprint density at radius 1 is 1.15 bits per heavy atom. The highest BCUT2D eigenvalue weighted by Crippen LogP contribution is 2.25. The average Bonchev–Trinajstić information content (AvgIpc) is 3.24. The molecule has 0 aliphatic carbocycles. The van der Waals surface area contributed by atoms with Gasteiger partial charge in [0, 0.05) is 34.4 Å². The molecule has 1 N–H and O–H groups in total. The van der Waals surface area contributed by atoms with Gasteiger partial charge in [0.2, 0.25) is 5.91 Å². The molecule has 0 aliphatic heterocycles. The molecule has 7 heteroatoms. The fraction of sp³-hybridized carbons (Fsp3) is 0.100. The first-order valence-electron chi connectivity index (χ1n) is 8.31. The number of nitrogens with one attached hydrogen (secondary N) is 1. The lowest BCUT2D eigenvalue weighted by molar-refractivity contribution is -0.120. The number of hydrogen-bond acceptors (Lipinski definition) is 3. The van der Waals surface area contributed by atoms with E-state index in [1.807, 2.05) is 40.2 Å². The first kappa shape index (κ1) is 17.7. The van der Waals surface area contributed by atoms with Crippen molar-refractivity contribution in [2.24, 2.45) is 0 Å². The van der Waals surface area contributed by atoms with Gasteiger partial charge in [-0.1, -0.05) is 35.9 Å². The number of aromatic nitrogens is 2. The van der Waals surface area contributed by atoms with E-state index in [0.29, 0.717) is 11.6 Å². The molecule has 4 nitrogen and oxygen atoms in total. The van der Waals surface area contributed by atoms with Crippen molar-refractivity contribution in [3.8, 4) is 11.3 Å². The van der Waals surface area contributed by atoms with Crippen molar-refractivity contribution >= 4 is 33.8 Å². The molecule has 0 fully saturated rings. The van der Waals surface area contributed by atoms with Crippen LogP contribution in [0.4, 0.5) is 4.39 Å². The summed E-state index contributed by atoms with van der Waals surface area (Å²) in [5, 5.41) is 5.48. The highest BCUT2D eigenvalue weighted by molar-refractivity contribution is 7.15. The molecule has 0 radical (unpaired) electrons. The Hall–Kier alpha value is -2.70. The Labute approximate surface area is 164 Å². The Morgan fingerprint density at radius 2 is 1.89 bits per heavy atom. The van der Waals surface area contributed by atoms with Crippen LogP contribution in [-0.4, -0.2) is 15.3 Å². The second-order valence-corrected chi connectivity index (χ2v) is 7.37. The summed E-state index contributed by atoms with van der Waals surface area (Å²) in [7, 11) is 0. The first-order chi connectivity index (χ1) is 13.1. The van der Waals surface area contributed by atoms with Gasteiger partial charge in [0.1, 0.15) is 5.82 Å². The number of fused-ring (bicyclic) bond motifs is 1. The van der Waals surface area contributed by atoms with Crippen molar-refractivity contribution in [1.29, 1.82) is 0 Å². The number of imidazole rings is 1. The van der Waals surface area contributed by atoms with Crippen molar-refractivity contribution < 1.29 is 9.18 Å². The lowest BCUT2D eigenvalue weighted by atomic mass is 10.2. The van der Waals surface area contributed by atoms with Gasteiger partial charge in [0.05, 0.1) is 12.1 Å². The zero-order valence-electron chi connectivity index (χ0n) is 14.2. The van der Waals surface area contributed by atoms with Crippen LogP contribution in [0.15, 0.2) is 60.1 Å². The van der Waals surface area contributed by atoms with E-state index in [0.717, 1.165) is 27.5 Å². The van der Waals surface area contributed by atoms with Crippen LogP contribution in [0.25, 0.3) is 16.2 Å². The molecule has 0 bridgehead atoms. The minimum absolute atomic E-state index is 0.0965. The average molecular weight is 400 g/mol. The second-order valence-electron chi connectivity index (χ2n) is 6.09. The number of carbonyl (C=O) groups excluding carboxylic acids is 1. The molecule has 0 aliphatic rings. The summed E-state index contributed by atoms with van der Waals surface area (Å²) in [6, 6.07) is 13.6. The topological polar surface area (TPSA) is 46.4 Å². The van der Waals surface area contributed by atoms with Gasteiger partial charge in [-0.3, -0.25) is 9.20 Å². The minimum atomic E-state index is -0.289. The van der Waals surface area contributed by atoms with Crippen LogP contribution in [0, 0.1) is 5.82 Å². The molecule has 27 heavy (non-hydrogen) atoms. The molecule has 4 aromatic rings. The molecule has 4 rings (SSSR count). The minimum Gasteiger partial charge on any atom is -0.352 e. The van der Waals surface area contributed by atoms with Crippen LogP contribution in [0.3, 0.4) is 0 Å². The third kappa shape index (κ3) is 4.02. The number of thiazole rings is 1. The summed E-state index contributed by atoms with van der Waals surface area (Å²) in [6.45, 7) is 0.367. The first-order valence-corrected chi connectivity index (χ1v) is 9.57. The van der Waals surface area contributed by atoms with Gasteiger partial charge < -0.3 is 5.32 Å². The van der Waals surface area contributed by atoms with Crippen LogP contribution in [-0.2, 0) is 17.8 Å². The Kier molecular flexibility index (Phi) is 4.92. The molecule has 0 atom stereocenters. The molecule has 0 spiro atoms. The molecule has 2 aromatic carbocycles. The normalized spacial score (nSPS) is 11.0. The third-order valence-corrected chi connectivity index (χ3v) is 5.31. The SMILES string of the molecule is O=C(Cc1csc2nc(-c3ccc(Cl)cc3)cn12)NCc1ccc(F)cc1. The maximum atomic E-state index is 12.9. The van der Waals surface area contributed by atoms with Crippen LogP contribution in [0.1, 0.15) is 11.3 Å². The van der Waals surface area contributed by atoms with Gasteiger partial charge in [-0.25, -0.2) is 9.37 Å². The van der Waals surface area contributed by atoms with Crippen molar-refractivity contribution in [3.63, 3.8) is 0 Å². The molecule has 2 heterocycles. The molecular weight excluding hydrogens is 385 g/mol. The van der Waals surface area contributed by atoms with Crippen molar-refractivity contribution in [2.45, 2.75) is 13.0 Å². The van der Waals surface area contributed by atoms with E-state index in [9.17, 15) is 9.18 Å². The maximum absolute atomic E-state index is 12.9. The molecule has 2 aromatic heterocycles. The zero-order valence-corrected chi connectivity index (χ0v) is 15.7. The molecule has 1 amide bonds.